The lowest BCUT2D eigenvalue weighted by Gasteiger charge is -2.23. The van der Waals surface area contributed by atoms with Gasteiger partial charge in [-0.1, -0.05) is 35.5 Å². The van der Waals surface area contributed by atoms with E-state index in [1.54, 1.807) is 18.2 Å². The van der Waals surface area contributed by atoms with Gasteiger partial charge in [-0.3, -0.25) is 9.59 Å². The lowest BCUT2D eigenvalue weighted by molar-refractivity contribution is -0.121. The van der Waals surface area contributed by atoms with Gasteiger partial charge in [0.1, 0.15) is 16.8 Å². The second kappa shape index (κ2) is 10.7. The molecule has 0 unspecified atom stereocenters. The van der Waals surface area contributed by atoms with Crippen LogP contribution >= 0.6 is 23.4 Å². The molecule has 10 heteroatoms. The van der Waals surface area contributed by atoms with Gasteiger partial charge in [-0.2, -0.15) is 10.1 Å². The first-order valence-electron chi connectivity index (χ1n) is 11.5. The maximum Gasteiger partial charge on any atom is 0.262 e. The molecule has 2 amide bonds. The predicted molar refractivity (Wildman–Crippen MR) is 144 cm³/mol. The summed E-state index contributed by atoms with van der Waals surface area (Å²) in [4.78, 5) is 29.6. The van der Waals surface area contributed by atoms with Gasteiger partial charge in [-0.25, -0.2) is 9.40 Å². The van der Waals surface area contributed by atoms with Crippen LogP contribution in [0.15, 0.2) is 82.9 Å². The van der Waals surface area contributed by atoms with E-state index in [0.29, 0.717) is 22.3 Å². The number of hydrogen-bond acceptors (Lipinski definition) is 6. The van der Waals surface area contributed by atoms with Crippen molar-refractivity contribution in [3.8, 4) is 5.75 Å². The van der Waals surface area contributed by atoms with Crippen LogP contribution in [-0.4, -0.2) is 40.1 Å². The summed E-state index contributed by atoms with van der Waals surface area (Å²) in [5.41, 5.74) is 3.16. The number of nitrogens with one attached hydrogen (secondary N) is 1. The van der Waals surface area contributed by atoms with E-state index in [9.17, 15) is 14.0 Å². The number of anilines is 1. The van der Waals surface area contributed by atoms with Crippen LogP contribution in [0.5, 0.6) is 5.75 Å². The lowest BCUT2D eigenvalue weighted by atomic mass is 9.98. The van der Waals surface area contributed by atoms with Crippen LogP contribution in [0.2, 0.25) is 5.02 Å². The molecule has 0 fully saturated rings. The van der Waals surface area contributed by atoms with Crippen LogP contribution in [-0.2, 0) is 9.59 Å². The van der Waals surface area contributed by atoms with Gasteiger partial charge in [0, 0.05) is 23.6 Å². The molecule has 3 aromatic rings. The van der Waals surface area contributed by atoms with Crippen LogP contribution in [0, 0.1) is 5.82 Å². The first kappa shape index (κ1) is 25.0. The van der Waals surface area contributed by atoms with E-state index in [1.807, 2.05) is 42.5 Å². The summed E-state index contributed by atoms with van der Waals surface area (Å²) in [6.45, 7) is 0. The molecule has 0 saturated carbocycles. The zero-order valence-electron chi connectivity index (χ0n) is 19.7. The number of thioether (sulfide) groups is 1. The molecular formula is C27H22ClFN4O3S. The summed E-state index contributed by atoms with van der Waals surface area (Å²) < 4.78 is 18.4. The number of rotatable bonds is 6. The Kier molecular flexibility index (Phi) is 7.25. The highest BCUT2D eigenvalue weighted by Gasteiger charge is 2.39. The molecule has 188 valence electrons. The fraction of sp³-hybridized carbons (Fsp3) is 0.185. The van der Waals surface area contributed by atoms with Crippen molar-refractivity contribution < 1.29 is 18.7 Å². The molecule has 0 bridgehead atoms. The van der Waals surface area contributed by atoms with Crippen LogP contribution in [0.1, 0.15) is 30.0 Å². The molecule has 2 atom stereocenters. The molecule has 2 aliphatic heterocycles. The normalized spacial score (nSPS) is 19.0. The van der Waals surface area contributed by atoms with Gasteiger partial charge in [0.15, 0.2) is 5.17 Å². The molecule has 5 rings (SSSR count). The molecule has 0 spiro atoms. The molecule has 37 heavy (non-hydrogen) atoms. The summed E-state index contributed by atoms with van der Waals surface area (Å²) in [5.74, 6) is -0.406. The van der Waals surface area contributed by atoms with Crippen molar-refractivity contribution in [2.75, 3.05) is 12.4 Å². The average Bonchev–Trinajstić information content (AvgIpc) is 3.49. The predicted octanol–water partition coefficient (Wildman–Crippen LogP) is 5.67. The standard InChI is InChI=1S/C27H22ClFN4O3S/c1-36-21-11-5-16(6-12-21)22-14-23(17-3-2-4-18(28)13-17)33(32-22)27-31-26(35)24(37-27)15-25(34)30-20-9-7-19(29)8-10-20/h2-13,23-24H,14-15H2,1H3,(H,30,34)/t23-,24+/m0/s1. The molecule has 0 radical (unpaired) electrons. The maximum absolute atomic E-state index is 13.1. The summed E-state index contributed by atoms with van der Waals surface area (Å²) in [6.07, 6.45) is 0.509. The Labute approximate surface area is 222 Å². The van der Waals surface area contributed by atoms with E-state index in [0.717, 1.165) is 22.6 Å². The Morgan fingerprint density at radius 1 is 1.16 bits per heavy atom. The Morgan fingerprint density at radius 3 is 2.62 bits per heavy atom. The minimum absolute atomic E-state index is 0.0708. The molecule has 2 heterocycles. The number of hydrazone groups is 1. The molecule has 0 aliphatic carbocycles. The van der Waals surface area contributed by atoms with Gasteiger partial charge in [0.2, 0.25) is 5.91 Å². The summed E-state index contributed by atoms with van der Waals surface area (Å²) in [7, 11) is 1.61. The Morgan fingerprint density at radius 2 is 1.92 bits per heavy atom. The van der Waals surface area contributed by atoms with E-state index in [-0.39, 0.29) is 18.4 Å². The number of amidine groups is 1. The zero-order valence-corrected chi connectivity index (χ0v) is 21.3. The number of hydrogen-bond donors (Lipinski definition) is 1. The van der Waals surface area contributed by atoms with Crippen molar-refractivity contribution in [2.45, 2.75) is 24.1 Å². The molecule has 0 saturated heterocycles. The minimum Gasteiger partial charge on any atom is -0.497 e. The van der Waals surface area contributed by atoms with Crippen molar-refractivity contribution >= 4 is 51.7 Å². The summed E-state index contributed by atoms with van der Waals surface area (Å²) >= 11 is 7.48. The Bertz CT molecular complexity index is 1400. The van der Waals surface area contributed by atoms with Crippen molar-refractivity contribution in [3.63, 3.8) is 0 Å². The highest BCUT2D eigenvalue weighted by atomic mass is 35.5. The van der Waals surface area contributed by atoms with Crippen molar-refractivity contribution in [2.24, 2.45) is 10.1 Å². The molecule has 1 N–H and O–H groups in total. The smallest absolute Gasteiger partial charge is 0.262 e. The Hall–Kier alpha value is -3.69. The lowest BCUT2D eigenvalue weighted by Crippen LogP contribution is -2.25. The zero-order chi connectivity index (χ0) is 25.9. The van der Waals surface area contributed by atoms with E-state index >= 15 is 0 Å². The molecule has 0 aromatic heterocycles. The van der Waals surface area contributed by atoms with Crippen molar-refractivity contribution in [1.29, 1.82) is 0 Å². The van der Waals surface area contributed by atoms with Crippen LogP contribution in [0.25, 0.3) is 0 Å². The summed E-state index contributed by atoms with van der Waals surface area (Å²) in [6, 6.07) is 20.4. The average molecular weight is 537 g/mol. The van der Waals surface area contributed by atoms with Crippen molar-refractivity contribution in [1.82, 2.24) is 5.01 Å². The SMILES string of the molecule is COc1ccc(C2=NN(C3=NC(=O)[C@@H](CC(=O)Nc4ccc(F)cc4)S3)[C@H](c3cccc(Cl)c3)C2)cc1. The van der Waals surface area contributed by atoms with Gasteiger partial charge in [-0.15, -0.1) is 0 Å². The van der Waals surface area contributed by atoms with Gasteiger partial charge >= 0.3 is 0 Å². The van der Waals surface area contributed by atoms with E-state index in [2.05, 4.69) is 10.3 Å². The van der Waals surface area contributed by atoms with Gasteiger partial charge in [-0.05, 0) is 71.8 Å². The fourth-order valence-electron chi connectivity index (χ4n) is 4.14. The number of halogens is 2. The number of methoxy groups -OCH3 is 1. The highest BCUT2D eigenvalue weighted by Crippen LogP contribution is 2.39. The van der Waals surface area contributed by atoms with Crippen LogP contribution < -0.4 is 10.1 Å². The van der Waals surface area contributed by atoms with Gasteiger partial charge < -0.3 is 10.1 Å². The largest absolute Gasteiger partial charge is 0.497 e. The number of benzene rings is 3. The number of ether oxygens (including phenoxy) is 1. The molecule has 2 aliphatic rings. The quantitative estimate of drug-likeness (QED) is 0.439. The number of nitrogens with zero attached hydrogens (tertiary/aromatic N) is 3. The number of amides is 2. The second-order valence-electron chi connectivity index (χ2n) is 8.49. The van der Waals surface area contributed by atoms with E-state index in [1.165, 1.54) is 36.0 Å². The third-order valence-electron chi connectivity index (χ3n) is 5.99. The third-order valence-corrected chi connectivity index (χ3v) is 7.37. The second-order valence-corrected chi connectivity index (χ2v) is 10.1. The Balaban J connectivity index is 1.35. The number of carbonyl (C=O) groups excluding carboxylic acids is 2. The molecule has 3 aromatic carbocycles. The first-order valence-corrected chi connectivity index (χ1v) is 12.8. The highest BCUT2D eigenvalue weighted by molar-refractivity contribution is 8.15. The fourth-order valence-corrected chi connectivity index (χ4v) is 5.40. The van der Waals surface area contributed by atoms with Crippen molar-refractivity contribution in [3.05, 3.63) is 94.8 Å². The number of carbonyl (C=O) groups is 2. The van der Waals surface area contributed by atoms with Crippen LogP contribution in [0.3, 0.4) is 0 Å². The minimum atomic E-state index is -0.685. The molecule has 7 nitrogen and oxygen atoms in total. The molecular weight excluding hydrogens is 515 g/mol. The van der Waals surface area contributed by atoms with Crippen LogP contribution in [0.4, 0.5) is 10.1 Å². The third kappa shape index (κ3) is 5.68. The maximum atomic E-state index is 13.1. The monoisotopic (exact) mass is 536 g/mol. The van der Waals surface area contributed by atoms with Gasteiger partial charge in [0.05, 0.1) is 18.9 Å². The first-order chi connectivity index (χ1) is 17.9. The van der Waals surface area contributed by atoms with Gasteiger partial charge in [0.25, 0.3) is 5.91 Å². The van der Waals surface area contributed by atoms with E-state index in [4.69, 9.17) is 21.4 Å². The summed E-state index contributed by atoms with van der Waals surface area (Å²) in [5, 5.41) is 9.61. The van der Waals surface area contributed by atoms with E-state index < -0.39 is 17.0 Å². The number of aliphatic imine (C=N–C) groups is 1. The topological polar surface area (TPSA) is 83.4 Å².